The van der Waals surface area contributed by atoms with Gasteiger partial charge in [0.05, 0.1) is 5.56 Å². The van der Waals surface area contributed by atoms with Crippen LogP contribution in [0.15, 0.2) is 48.5 Å². The molecule has 0 aliphatic rings. The highest BCUT2D eigenvalue weighted by Crippen LogP contribution is 2.31. The largest absolute Gasteiger partial charge is 0.429 e. The summed E-state index contributed by atoms with van der Waals surface area (Å²) in [6.45, 7) is 0.616. The Morgan fingerprint density at radius 3 is 2.19 bits per heavy atom. The van der Waals surface area contributed by atoms with Gasteiger partial charge in [-0.1, -0.05) is 12.1 Å². The topological polar surface area (TPSA) is 35.5 Å². The maximum absolute atomic E-state index is 12.9. The maximum Gasteiger partial charge on any atom is 0.395 e. The number of hydrogen-bond acceptors (Lipinski definition) is 3. The first kappa shape index (κ1) is 15.7. The Bertz CT molecular complexity index is 636. The van der Waals surface area contributed by atoms with Gasteiger partial charge in [-0.25, -0.2) is 4.79 Å². The van der Waals surface area contributed by atoms with Crippen LogP contribution in [0, 0.1) is 3.57 Å². The van der Waals surface area contributed by atoms with E-state index < -0.39 is 12.1 Å². The SMILES string of the molecule is CC(F)(F)Oc1ccccc1OC(=O)c1ccc(I)cc1. The maximum atomic E-state index is 12.9. The summed E-state index contributed by atoms with van der Waals surface area (Å²) in [4.78, 5) is 12.0. The Kier molecular flexibility index (Phi) is 4.76. The molecule has 0 N–H and O–H groups in total. The summed E-state index contributed by atoms with van der Waals surface area (Å²) in [5.74, 6) is -0.881. The van der Waals surface area contributed by atoms with E-state index in [0.29, 0.717) is 12.5 Å². The van der Waals surface area contributed by atoms with Crippen LogP contribution in [0.2, 0.25) is 0 Å². The normalized spacial score (nSPS) is 11.0. The van der Waals surface area contributed by atoms with Crippen LogP contribution in [-0.4, -0.2) is 12.1 Å². The number of benzene rings is 2. The second kappa shape index (κ2) is 6.38. The van der Waals surface area contributed by atoms with Crippen molar-refractivity contribution in [3.63, 3.8) is 0 Å². The summed E-state index contributed by atoms with van der Waals surface area (Å²) >= 11 is 2.11. The summed E-state index contributed by atoms with van der Waals surface area (Å²) < 4.78 is 36.4. The van der Waals surface area contributed by atoms with Crippen LogP contribution < -0.4 is 9.47 Å². The van der Waals surface area contributed by atoms with Crippen LogP contribution in [-0.2, 0) is 0 Å². The fourth-order valence-electron chi connectivity index (χ4n) is 1.56. The first-order valence-corrected chi connectivity index (χ1v) is 7.07. The third-order valence-corrected chi connectivity index (χ3v) is 3.14. The summed E-state index contributed by atoms with van der Waals surface area (Å²) in [6, 6.07) is 12.5. The number of carbonyl (C=O) groups is 1. The van der Waals surface area contributed by atoms with Gasteiger partial charge in [-0.05, 0) is 59.0 Å². The van der Waals surface area contributed by atoms with Crippen LogP contribution >= 0.6 is 22.6 Å². The molecule has 2 rings (SSSR count). The lowest BCUT2D eigenvalue weighted by molar-refractivity contribution is -0.159. The fraction of sp³-hybridized carbons (Fsp3) is 0.133. The summed E-state index contributed by atoms with van der Waals surface area (Å²) in [5.41, 5.74) is 0.327. The quantitative estimate of drug-likeness (QED) is 0.428. The molecule has 2 aromatic carbocycles. The van der Waals surface area contributed by atoms with Gasteiger partial charge in [0, 0.05) is 10.5 Å². The van der Waals surface area contributed by atoms with Crippen molar-refractivity contribution < 1.29 is 23.0 Å². The first-order chi connectivity index (χ1) is 9.85. The van der Waals surface area contributed by atoms with Crippen molar-refractivity contribution in [3.05, 3.63) is 57.7 Å². The van der Waals surface area contributed by atoms with Gasteiger partial charge in [-0.2, -0.15) is 8.78 Å². The van der Waals surface area contributed by atoms with Crippen LogP contribution in [0.25, 0.3) is 0 Å². The van der Waals surface area contributed by atoms with Crippen molar-refractivity contribution in [2.24, 2.45) is 0 Å². The lowest BCUT2D eigenvalue weighted by Gasteiger charge is -2.15. The molecule has 0 aliphatic carbocycles. The average Bonchev–Trinajstić information content (AvgIpc) is 2.40. The fourth-order valence-corrected chi connectivity index (χ4v) is 1.92. The summed E-state index contributed by atoms with van der Waals surface area (Å²) in [5, 5.41) is 0. The van der Waals surface area contributed by atoms with Crippen molar-refractivity contribution in [3.8, 4) is 11.5 Å². The van der Waals surface area contributed by atoms with E-state index in [2.05, 4.69) is 27.3 Å². The molecule has 2 aromatic rings. The number of para-hydroxylation sites is 2. The van der Waals surface area contributed by atoms with Crippen molar-refractivity contribution in [1.29, 1.82) is 0 Å². The van der Waals surface area contributed by atoms with Crippen LogP contribution in [0.4, 0.5) is 8.78 Å². The second-order valence-corrected chi connectivity index (χ2v) is 5.50. The molecule has 0 radical (unpaired) electrons. The number of ether oxygens (including phenoxy) is 2. The van der Waals surface area contributed by atoms with E-state index in [1.165, 1.54) is 18.2 Å². The molecule has 0 unspecified atom stereocenters. The molecule has 3 nitrogen and oxygen atoms in total. The molecule has 0 spiro atoms. The molecule has 0 fully saturated rings. The van der Waals surface area contributed by atoms with E-state index in [9.17, 15) is 13.6 Å². The smallest absolute Gasteiger partial charge is 0.395 e. The van der Waals surface area contributed by atoms with Crippen molar-refractivity contribution >= 4 is 28.6 Å². The standard InChI is InChI=1S/C15H11F2IO3/c1-15(16,17)21-13-5-3-2-4-12(13)20-14(19)10-6-8-11(18)9-7-10/h2-9H,1H3. The number of esters is 1. The van der Waals surface area contributed by atoms with Crippen molar-refractivity contribution in [2.75, 3.05) is 0 Å². The lowest BCUT2D eigenvalue weighted by atomic mass is 10.2. The zero-order valence-corrected chi connectivity index (χ0v) is 13.1. The Hall–Kier alpha value is -1.70. The number of carbonyl (C=O) groups excluding carboxylic acids is 1. The molecular formula is C15H11F2IO3. The Morgan fingerprint density at radius 1 is 1.05 bits per heavy atom. The van der Waals surface area contributed by atoms with Gasteiger partial charge >= 0.3 is 12.1 Å². The molecule has 0 aliphatic heterocycles. The van der Waals surface area contributed by atoms with E-state index >= 15 is 0 Å². The minimum absolute atomic E-state index is 0.0532. The van der Waals surface area contributed by atoms with E-state index in [-0.39, 0.29) is 11.5 Å². The third-order valence-electron chi connectivity index (χ3n) is 2.42. The van der Waals surface area contributed by atoms with E-state index in [0.717, 1.165) is 3.57 Å². The van der Waals surface area contributed by atoms with Crippen LogP contribution in [0.3, 0.4) is 0 Å². The molecule has 0 atom stereocenters. The molecule has 0 aromatic heterocycles. The van der Waals surface area contributed by atoms with Gasteiger partial charge in [-0.3, -0.25) is 0 Å². The van der Waals surface area contributed by atoms with Crippen LogP contribution in [0.5, 0.6) is 11.5 Å². The van der Waals surface area contributed by atoms with Gasteiger partial charge in [0.15, 0.2) is 11.5 Å². The monoisotopic (exact) mass is 404 g/mol. The van der Waals surface area contributed by atoms with E-state index in [4.69, 9.17) is 4.74 Å². The predicted molar refractivity (Wildman–Crippen MR) is 81.8 cm³/mol. The Balaban J connectivity index is 2.19. The van der Waals surface area contributed by atoms with Gasteiger partial charge < -0.3 is 9.47 Å². The highest BCUT2D eigenvalue weighted by atomic mass is 127. The van der Waals surface area contributed by atoms with Crippen LogP contribution in [0.1, 0.15) is 17.3 Å². The summed E-state index contributed by atoms with van der Waals surface area (Å²) in [7, 11) is 0. The number of alkyl halides is 2. The Labute approximate surface area is 134 Å². The molecule has 0 amide bonds. The molecule has 0 heterocycles. The van der Waals surface area contributed by atoms with Crippen molar-refractivity contribution in [2.45, 2.75) is 13.0 Å². The molecule has 0 saturated heterocycles. The van der Waals surface area contributed by atoms with Gasteiger partial charge in [-0.15, -0.1) is 0 Å². The third kappa shape index (κ3) is 4.66. The molecule has 110 valence electrons. The molecular weight excluding hydrogens is 393 g/mol. The minimum atomic E-state index is -3.36. The van der Waals surface area contributed by atoms with Crippen molar-refractivity contribution in [1.82, 2.24) is 0 Å². The highest BCUT2D eigenvalue weighted by molar-refractivity contribution is 14.1. The highest BCUT2D eigenvalue weighted by Gasteiger charge is 2.25. The number of hydrogen-bond donors (Lipinski definition) is 0. The Morgan fingerprint density at radius 2 is 1.62 bits per heavy atom. The van der Waals surface area contributed by atoms with Gasteiger partial charge in [0.2, 0.25) is 0 Å². The zero-order chi connectivity index (χ0) is 15.5. The minimum Gasteiger partial charge on any atom is -0.429 e. The zero-order valence-electron chi connectivity index (χ0n) is 11.0. The molecule has 0 bridgehead atoms. The number of rotatable bonds is 4. The lowest BCUT2D eigenvalue weighted by Crippen LogP contribution is -2.20. The summed E-state index contributed by atoms with van der Waals surface area (Å²) in [6.07, 6.45) is -3.36. The molecule has 6 heteroatoms. The molecule has 0 saturated carbocycles. The van der Waals surface area contributed by atoms with Gasteiger partial charge in [0.25, 0.3) is 0 Å². The predicted octanol–water partition coefficient (Wildman–Crippen LogP) is 4.50. The average molecular weight is 404 g/mol. The van der Waals surface area contributed by atoms with E-state index in [1.807, 2.05) is 0 Å². The second-order valence-electron chi connectivity index (χ2n) is 4.25. The first-order valence-electron chi connectivity index (χ1n) is 5.99. The molecule has 21 heavy (non-hydrogen) atoms. The van der Waals surface area contributed by atoms with Gasteiger partial charge in [0.1, 0.15) is 0 Å². The van der Waals surface area contributed by atoms with E-state index in [1.54, 1.807) is 30.3 Å². The number of halogens is 3.